The van der Waals surface area contributed by atoms with E-state index in [1.165, 1.54) is 5.56 Å². The molecule has 1 amide bonds. The molecule has 1 fully saturated rings. The quantitative estimate of drug-likeness (QED) is 0.526. The Morgan fingerprint density at radius 2 is 2.07 bits per heavy atom. The first-order chi connectivity index (χ1) is 13.6. The van der Waals surface area contributed by atoms with Crippen LogP contribution >= 0.6 is 0 Å². The van der Waals surface area contributed by atoms with Crippen LogP contribution in [0, 0.1) is 0 Å². The number of carbonyl (C=O) groups excluding carboxylic acids is 1. The summed E-state index contributed by atoms with van der Waals surface area (Å²) in [6, 6.07) is 14.9. The van der Waals surface area contributed by atoms with Gasteiger partial charge in [-0.1, -0.05) is 30.3 Å². The van der Waals surface area contributed by atoms with Crippen LogP contribution in [-0.2, 0) is 11.3 Å². The zero-order valence-corrected chi connectivity index (χ0v) is 16.4. The van der Waals surface area contributed by atoms with E-state index in [0.29, 0.717) is 23.7 Å². The van der Waals surface area contributed by atoms with Crippen molar-refractivity contribution >= 4 is 17.6 Å². The molecule has 2 heterocycles. The second-order valence-corrected chi connectivity index (χ2v) is 7.06. The Balaban J connectivity index is 1.45. The molecule has 0 saturated carbocycles. The van der Waals surface area contributed by atoms with Crippen LogP contribution in [-0.4, -0.2) is 54.0 Å². The topological polar surface area (TPSA) is 81.6 Å². The molecule has 0 aliphatic carbocycles. The fraction of sp³-hybridized carbons (Fsp3) is 0.381. The molecular formula is C21H28N6O. The van der Waals surface area contributed by atoms with Crippen molar-refractivity contribution in [2.45, 2.75) is 32.0 Å². The van der Waals surface area contributed by atoms with Crippen LogP contribution in [0.5, 0.6) is 0 Å². The maximum Gasteiger partial charge on any atom is 0.243 e. The van der Waals surface area contributed by atoms with Gasteiger partial charge in [0.15, 0.2) is 5.96 Å². The second-order valence-electron chi connectivity index (χ2n) is 7.06. The number of nitrogens with zero attached hydrogens (tertiary/aromatic N) is 3. The summed E-state index contributed by atoms with van der Waals surface area (Å²) in [5, 5.41) is 9.32. The third-order valence-corrected chi connectivity index (χ3v) is 4.86. The van der Waals surface area contributed by atoms with Gasteiger partial charge >= 0.3 is 0 Å². The van der Waals surface area contributed by atoms with Crippen LogP contribution in [0.25, 0.3) is 0 Å². The van der Waals surface area contributed by atoms with Crippen molar-refractivity contribution in [1.29, 1.82) is 0 Å². The summed E-state index contributed by atoms with van der Waals surface area (Å²) < 4.78 is 0. The molecule has 1 saturated heterocycles. The molecule has 0 bridgehead atoms. The smallest absolute Gasteiger partial charge is 0.243 e. The zero-order chi connectivity index (χ0) is 19.8. The summed E-state index contributed by atoms with van der Waals surface area (Å²) in [7, 11) is 1.72. The molecule has 1 aliphatic rings. The van der Waals surface area contributed by atoms with Crippen LogP contribution in [0.4, 0.5) is 5.69 Å². The highest BCUT2D eigenvalue weighted by molar-refractivity contribution is 5.94. The van der Waals surface area contributed by atoms with Gasteiger partial charge in [-0.3, -0.25) is 19.7 Å². The summed E-state index contributed by atoms with van der Waals surface area (Å²) in [5.41, 5.74) is 2.00. The molecule has 28 heavy (non-hydrogen) atoms. The SMILES string of the molecule is CN=C(NCC(=O)Nc1cccnc1)NC1CC(C)N(Cc2ccccc2)C1. The minimum Gasteiger partial charge on any atom is -0.352 e. The van der Waals surface area contributed by atoms with E-state index in [1.54, 1.807) is 31.6 Å². The Bertz CT molecular complexity index is 780. The first-order valence-electron chi connectivity index (χ1n) is 9.59. The van der Waals surface area contributed by atoms with Gasteiger partial charge in [-0.2, -0.15) is 0 Å². The minimum atomic E-state index is -0.138. The number of carbonyl (C=O) groups is 1. The van der Waals surface area contributed by atoms with Gasteiger partial charge in [-0.15, -0.1) is 0 Å². The highest BCUT2D eigenvalue weighted by atomic mass is 16.1. The number of aliphatic imine (C=N–C) groups is 1. The predicted octanol–water partition coefficient (Wildman–Crippen LogP) is 1.85. The molecule has 2 unspecified atom stereocenters. The monoisotopic (exact) mass is 380 g/mol. The van der Waals surface area contributed by atoms with Crippen molar-refractivity contribution in [3.8, 4) is 0 Å². The van der Waals surface area contributed by atoms with E-state index in [1.807, 2.05) is 6.07 Å². The highest BCUT2D eigenvalue weighted by Crippen LogP contribution is 2.20. The van der Waals surface area contributed by atoms with Gasteiger partial charge < -0.3 is 16.0 Å². The number of guanidine groups is 1. The number of benzene rings is 1. The number of nitrogens with one attached hydrogen (secondary N) is 3. The number of hydrogen-bond acceptors (Lipinski definition) is 4. The molecular weight excluding hydrogens is 352 g/mol. The molecule has 2 atom stereocenters. The molecule has 1 aromatic carbocycles. The summed E-state index contributed by atoms with van der Waals surface area (Å²) in [5.74, 6) is 0.501. The van der Waals surface area contributed by atoms with Crippen LogP contribution < -0.4 is 16.0 Å². The van der Waals surface area contributed by atoms with Crippen molar-refractivity contribution in [3.05, 3.63) is 60.4 Å². The predicted molar refractivity (Wildman–Crippen MR) is 112 cm³/mol. The molecule has 2 aromatic rings. The number of amides is 1. The Hall–Kier alpha value is -2.93. The maximum atomic E-state index is 12.1. The number of rotatable bonds is 6. The average molecular weight is 380 g/mol. The van der Waals surface area contributed by atoms with E-state index in [2.05, 4.69) is 62.0 Å². The molecule has 148 valence electrons. The third-order valence-electron chi connectivity index (χ3n) is 4.86. The normalized spacial score (nSPS) is 20.0. The Labute approximate surface area is 166 Å². The van der Waals surface area contributed by atoms with Crippen molar-refractivity contribution in [2.75, 3.05) is 25.5 Å². The zero-order valence-electron chi connectivity index (χ0n) is 16.4. The molecule has 1 aromatic heterocycles. The number of aromatic nitrogens is 1. The molecule has 0 radical (unpaired) electrons. The van der Waals surface area contributed by atoms with Gasteiger partial charge in [0.25, 0.3) is 0 Å². The largest absolute Gasteiger partial charge is 0.352 e. The fourth-order valence-electron chi connectivity index (χ4n) is 3.44. The lowest BCUT2D eigenvalue weighted by molar-refractivity contribution is -0.115. The molecule has 0 spiro atoms. The molecule has 1 aliphatic heterocycles. The van der Waals surface area contributed by atoms with Crippen molar-refractivity contribution < 1.29 is 4.79 Å². The standard InChI is InChI=1S/C21H28N6O/c1-16-11-19(15-27(16)14-17-7-4-3-5-8-17)26-21(22-2)24-13-20(28)25-18-9-6-10-23-12-18/h3-10,12,16,19H,11,13-15H2,1-2H3,(H,25,28)(H2,22,24,26). The van der Waals surface area contributed by atoms with Gasteiger partial charge in [0.1, 0.15) is 0 Å². The summed E-state index contributed by atoms with van der Waals surface area (Å²) in [4.78, 5) is 22.8. The van der Waals surface area contributed by atoms with Crippen molar-refractivity contribution in [3.63, 3.8) is 0 Å². The maximum absolute atomic E-state index is 12.1. The first kappa shape index (κ1) is 19.8. The average Bonchev–Trinajstić information content (AvgIpc) is 3.05. The van der Waals surface area contributed by atoms with Crippen molar-refractivity contribution in [2.24, 2.45) is 4.99 Å². The van der Waals surface area contributed by atoms with Crippen LogP contribution in [0.3, 0.4) is 0 Å². The Morgan fingerprint density at radius 1 is 1.25 bits per heavy atom. The lowest BCUT2D eigenvalue weighted by Crippen LogP contribution is -2.46. The lowest BCUT2D eigenvalue weighted by Gasteiger charge is -2.21. The Morgan fingerprint density at radius 3 is 2.79 bits per heavy atom. The summed E-state index contributed by atoms with van der Waals surface area (Å²) in [6.45, 7) is 4.28. The first-order valence-corrected chi connectivity index (χ1v) is 9.59. The number of hydrogen-bond donors (Lipinski definition) is 3. The van der Waals surface area contributed by atoms with Gasteiger partial charge in [-0.05, 0) is 31.0 Å². The van der Waals surface area contributed by atoms with Gasteiger partial charge in [-0.25, -0.2) is 0 Å². The van der Waals surface area contributed by atoms with Gasteiger partial charge in [0, 0.05) is 38.4 Å². The van der Waals surface area contributed by atoms with E-state index >= 15 is 0 Å². The van der Waals surface area contributed by atoms with Gasteiger partial charge in [0.2, 0.25) is 5.91 Å². The van der Waals surface area contributed by atoms with Crippen LogP contribution in [0.15, 0.2) is 59.9 Å². The number of likely N-dealkylation sites (tertiary alicyclic amines) is 1. The summed E-state index contributed by atoms with van der Waals surface area (Å²) >= 11 is 0. The van der Waals surface area contributed by atoms with E-state index < -0.39 is 0 Å². The fourth-order valence-corrected chi connectivity index (χ4v) is 3.44. The van der Waals surface area contributed by atoms with E-state index in [0.717, 1.165) is 19.5 Å². The molecule has 3 N–H and O–H groups in total. The molecule has 3 rings (SSSR count). The highest BCUT2D eigenvalue weighted by Gasteiger charge is 2.29. The third kappa shape index (κ3) is 5.79. The Kier molecular flexibility index (Phi) is 6.97. The lowest BCUT2D eigenvalue weighted by atomic mass is 10.2. The molecule has 7 nitrogen and oxygen atoms in total. The number of anilines is 1. The number of pyridine rings is 1. The second kappa shape index (κ2) is 9.85. The van der Waals surface area contributed by atoms with E-state index in [4.69, 9.17) is 0 Å². The van der Waals surface area contributed by atoms with E-state index in [9.17, 15) is 4.79 Å². The van der Waals surface area contributed by atoms with E-state index in [-0.39, 0.29) is 12.5 Å². The molecule has 7 heteroatoms. The van der Waals surface area contributed by atoms with Crippen molar-refractivity contribution in [1.82, 2.24) is 20.5 Å². The van der Waals surface area contributed by atoms with Gasteiger partial charge in [0.05, 0.1) is 18.4 Å². The van der Waals surface area contributed by atoms with Crippen LogP contribution in [0.1, 0.15) is 18.9 Å². The minimum absolute atomic E-state index is 0.138. The summed E-state index contributed by atoms with van der Waals surface area (Å²) in [6.07, 6.45) is 4.32. The van der Waals surface area contributed by atoms with Crippen LogP contribution in [0.2, 0.25) is 0 Å².